The van der Waals surface area contributed by atoms with Crippen molar-refractivity contribution in [1.82, 2.24) is 5.32 Å². The zero-order valence-corrected chi connectivity index (χ0v) is 16.0. The molecule has 1 fully saturated rings. The van der Waals surface area contributed by atoms with Crippen LogP contribution < -0.4 is 10.1 Å². The van der Waals surface area contributed by atoms with E-state index >= 15 is 0 Å². The lowest BCUT2D eigenvalue weighted by Crippen LogP contribution is -2.33. The molecule has 2 aromatic rings. The third-order valence-electron chi connectivity index (χ3n) is 5.14. The largest absolute Gasteiger partial charge is 0.497 e. The third kappa shape index (κ3) is 6.10. The van der Waals surface area contributed by atoms with Crippen molar-refractivity contribution in [2.75, 3.05) is 20.3 Å². The molecule has 1 N–H and O–H groups in total. The van der Waals surface area contributed by atoms with E-state index < -0.39 is 0 Å². The monoisotopic (exact) mass is 367 g/mol. The van der Waals surface area contributed by atoms with Crippen molar-refractivity contribution in [3.63, 3.8) is 0 Å². The fourth-order valence-corrected chi connectivity index (χ4v) is 3.56. The van der Waals surface area contributed by atoms with Crippen LogP contribution in [-0.4, -0.2) is 32.3 Å². The number of rotatable bonds is 8. The molecule has 0 bridgehead atoms. The van der Waals surface area contributed by atoms with Crippen LogP contribution in [0, 0.1) is 0 Å². The quantitative estimate of drug-likeness (QED) is 0.764. The molecule has 1 aliphatic heterocycles. The normalized spacial score (nSPS) is 17.9. The van der Waals surface area contributed by atoms with Crippen molar-refractivity contribution in [2.45, 2.75) is 44.1 Å². The second kappa shape index (κ2) is 10.1. The molecule has 27 heavy (non-hydrogen) atoms. The predicted octanol–water partition coefficient (Wildman–Crippen LogP) is 4.10. The molecule has 1 amide bonds. The van der Waals surface area contributed by atoms with E-state index in [0.29, 0.717) is 13.0 Å². The number of carbonyl (C=O) groups is 1. The summed E-state index contributed by atoms with van der Waals surface area (Å²) in [5.74, 6) is 1.17. The van der Waals surface area contributed by atoms with Gasteiger partial charge in [-0.25, -0.2) is 0 Å². The van der Waals surface area contributed by atoms with Crippen molar-refractivity contribution in [3.05, 3.63) is 65.7 Å². The molecule has 1 aliphatic rings. The molecule has 2 aromatic carbocycles. The molecule has 4 nitrogen and oxygen atoms in total. The first-order valence-corrected chi connectivity index (χ1v) is 9.81. The van der Waals surface area contributed by atoms with Gasteiger partial charge in [0.2, 0.25) is 5.91 Å². The number of ether oxygens (including phenoxy) is 2. The highest BCUT2D eigenvalue weighted by Crippen LogP contribution is 2.22. The lowest BCUT2D eigenvalue weighted by molar-refractivity contribution is -0.124. The highest BCUT2D eigenvalue weighted by atomic mass is 16.5. The Labute approximate surface area is 161 Å². The smallest absolute Gasteiger partial charge is 0.222 e. The maximum Gasteiger partial charge on any atom is 0.222 e. The fourth-order valence-electron chi connectivity index (χ4n) is 3.56. The second-order valence-corrected chi connectivity index (χ2v) is 7.16. The van der Waals surface area contributed by atoms with Crippen molar-refractivity contribution in [1.29, 1.82) is 0 Å². The lowest BCUT2D eigenvalue weighted by atomic mass is 9.91. The van der Waals surface area contributed by atoms with Gasteiger partial charge in [0.1, 0.15) is 5.75 Å². The van der Waals surface area contributed by atoms with Gasteiger partial charge in [0.05, 0.1) is 19.6 Å². The summed E-state index contributed by atoms with van der Waals surface area (Å²) < 4.78 is 10.9. The summed E-state index contributed by atoms with van der Waals surface area (Å²) in [6.07, 6.45) is 4.66. The summed E-state index contributed by atoms with van der Waals surface area (Å²) in [6.45, 7) is 1.41. The Hall–Kier alpha value is -2.33. The van der Waals surface area contributed by atoms with Crippen molar-refractivity contribution in [3.8, 4) is 5.75 Å². The Kier molecular flexibility index (Phi) is 7.28. The molecule has 144 valence electrons. The SMILES string of the molecule is COc1ccc(CC(CNC(=O)CC2CCCCO2)c2ccccc2)cc1. The van der Waals surface area contributed by atoms with Gasteiger partial charge in [0.25, 0.3) is 0 Å². The van der Waals surface area contributed by atoms with E-state index in [1.807, 2.05) is 30.3 Å². The van der Waals surface area contributed by atoms with E-state index in [4.69, 9.17) is 9.47 Å². The first-order chi connectivity index (χ1) is 13.2. The molecule has 2 atom stereocenters. The molecule has 3 rings (SSSR count). The van der Waals surface area contributed by atoms with Crippen LogP contribution in [0.3, 0.4) is 0 Å². The van der Waals surface area contributed by atoms with Crippen LogP contribution in [0.1, 0.15) is 42.7 Å². The molecule has 0 aliphatic carbocycles. The summed E-state index contributed by atoms with van der Waals surface area (Å²) in [4.78, 5) is 12.4. The molecular formula is C23H29NO3. The lowest BCUT2D eigenvalue weighted by Gasteiger charge is -2.23. The van der Waals surface area contributed by atoms with Crippen LogP contribution in [0.5, 0.6) is 5.75 Å². The van der Waals surface area contributed by atoms with Crippen LogP contribution in [0.15, 0.2) is 54.6 Å². The first-order valence-electron chi connectivity index (χ1n) is 9.81. The Morgan fingerprint density at radius 1 is 1.15 bits per heavy atom. The van der Waals surface area contributed by atoms with E-state index in [2.05, 4.69) is 29.6 Å². The van der Waals surface area contributed by atoms with Gasteiger partial charge in [-0.1, -0.05) is 42.5 Å². The number of hydrogen-bond acceptors (Lipinski definition) is 3. The summed E-state index contributed by atoms with van der Waals surface area (Å²) in [5, 5.41) is 3.13. The molecule has 0 saturated carbocycles. The number of nitrogens with one attached hydrogen (secondary N) is 1. The minimum Gasteiger partial charge on any atom is -0.497 e. The summed E-state index contributed by atoms with van der Waals surface area (Å²) in [6, 6.07) is 18.5. The molecule has 2 unspecified atom stereocenters. The Balaban J connectivity index is 1.60. The van der Waals surface area contributed by atoms with Crippen molar-refractivity contribution < 1.29 is 14.3 Å². The number of benzene rings is 2. The number of amides is 1. The average molecular weight is 367 g/mol. The Morgan fingerprint density at radius 3 is 2.59 bits per heavy atom. The van der Waals surface area contributed by atoms with Gasteiger partial charge in [-0.15, -0.1) is 0 Å². The van der Waals surface area contributed by atoms with Crippen LogP contribution in [0.2, 0.25) is 0 Å². The number of methoxy groups -OCH3 is 1. The third-order valence-corrected chi connectivity index (χ3v) is 5.14. The van der Waals surface area contributed by atoms with E-state index in [-0.39, 0.29) is 17.9 Å². The minimum atomic E-state index is 0.0792. The van der Waals surface area contributed by atoms with E-state index in [9.17, 15) is 4.79 Å². The molecule has 0 spiro atoms. The average Bonchev–Trinajstić information content (AvgIpc) is 2.73. The van der Waals surface area contributed by atoms with Gasteiger partial charge in [-0.3, -0.25) is 4.79 Å². The first kappa shape index (κ1) is 19.4. The van der Waals surface area contributed by atoms with Crippen molar-refractivity contribution in [2.24, 2.45) is 0 Å². The van der Waals surface area contributed by atoms with Gasteiger partial charge < -0.3 is 14.8 Å². The predicted molar refractivity (Wildman–Crippen MR) is 107 cm³/mol. The molecule has 1 heterocycles. The van der Waals surface area contributed by atoms with E-state index in [0.717, 1.165) is 38.0 Å². The summed E-state index contributed by atoms with van der Waals surface area (Å²) in [5.41, 5.74) is 2.47. The van der Waals surface area contributed by atoms with E-state index in [1.54, 1.807) is 7.11 Å². The van der Waals surface area contributed by atoms with Crippen LogP contribution in [0.25, 0.3) is 0 Å². The molecule has 0 aromatic heterocycles. The number of hydrogen-bond donors (Lipinski definition) is 1. The van der Waals surface area contributed by atoms with Gasteiger partial charge in [-0.2, -0.15) is 0 Å². The maximum absolute atomic E-state index is 12.4. The fraction of sp³-hybridized carbons (Fsp3) is 0.435. The standard InChI is InChI=1S/C23H29NO3/c1-26-21-12-10-18(11-13-21)15-20(19-7-3-2-4-8-19)17-24-23(25)16-22-9-5-6-14-27-22/h2-4,7-8,10-13,20,22H,5-6,9,14-17H2,1H3,(H,24,25). The topological polar surface area (TPSA) is 47.6 Å². The van der Waals surface area contributed by atoms with Crippen molar-refractivity contribution >= 4 is 5.91 Å². The number of carbonyl (C=O) groups excluding carboxylic acids is 1. The Bertz CT molecular complexity index is 693. The van der Waals surface area contributed by atoms with Gasteiger partial charge in [0.15, 0.2) is 0 Å². The second-order valence-electron chi connectivity index (χ2n) is 7.16. The van der Waals surface area contributed by atoms with Gasteiger partial charge in [-0.05, 0) is 48.9 Å². The van der Waals surface area contributed by atoms with E-state index in [1.165, 1.54) is 11.1 Å². The van der Waals surface area contributed by atoms with Crippen LogP contribution in [-0.2, 0) is 16.0 Å². The molecule has 4 heteroatoms. The van der Waals surface area contributed by atoms with Crippen LogP contribution >= 0.6 is 0 Å². The summed E-state index contributed by atoms with van der Waals surface area (Å²) in [7, 11) is 1.67. The highest BCUT2D eigenvalue weighted by molar-refractivity contribution is 5.76. The molecule has 0 radical (unpaired) electrons. The minimum absolute atomic E-state index is 0.0792. The summed E-state index contributed by atoms with van der Waals surface area (Å²) >= 11 is 0. The maximum atomic E-state index is 12.4. The van der Waals surface area contributed by atoms with Gasteiger partial charge >= 0.3 is 0 Å². The van der Waals surface area contributed by atoms with Crippen LogP contribution in [0.4, 0.5) is 0 Å². The molecular weight excluding hydrogens is 338 g/mol. The molecule has 1 saturated heterocycles. The highest BCUT2D eigenvalue weighted by Gasteiger charge is 2.19. The zero-order valence-electron chi connectivity index (χ0n) is 16.0. The van der Waals surface area contributed by atoms with Gasteiger partial charge in [0, 0.05) is 19.1 Å². The Morgan fingerprint density at radius 2 is 1.93 bits per heavy atom. The zero-order chi connectivity index (χ0) is 18.9.